The minimum atomic E-state index is 0.132. The Morgan fingerprint density at radius 1 is 1.53 bits per heavy atom. The van der Waals surface area contributed by atoms with Crippen molar-refractivity contribution in [2.24, 2.45) is 11.7 Å². The molecule has 1 aliphatic rings. The fraction of sp³-hybridized carbons (Fsp3) is 0.909. The summed E-state index contributed by atoms with van der Waals surface area (Å²) in [5, 5.41) is 2.98. The molecule has 0 bridgehead atoms. The van der Waals surface area contributed by atoms with Crippen LogP contribution in [-0.4, -0.2) is 44.0 Å². The zero-order chi connectivity index (χ0) is 11.3. The van der Waals surface area contributed by atoms with Crippen LogP contribution >= 0.6 is 0 Å². The molecule has 0 aliphatic heterocycles. The van der Waals surface area contributed by atoms with E-state index in [0.717, 1.165) is 18.9 Å². The Balaban J connectivity index is 2.18. The number of nitrogens with one attached hydrogen (secondary N) is 1. The number of likely N-dealkylation sites (N-methyl/N-ethyl adjacent to an activating group) is 1. The highest BCUT2D eigenvalue weighted by molar-refractivity contribution is 5.75. The number of nitrogens with two attached hydrogens (primary N) is 1. The molecule has 15 heavy (non-hydrogen) atoms. The van der Waals surface area contributed by atoms with Gasteiger partial charge in [0.25, 0.3) is 0 Å². The van der Waals surface area contributed by atoms with Crippen molar-refractivity contribution in [2.75, 3.05) is 27.2 Å². The van der Waals surface area contributed by atoms with E-state index in [9.17, 15) is 4.79 Å². The molecule has 0 radical (unpaired) electrons. The SMILES string of the molecule is CN(C)C(CNC(=O)CCCN)C1CC1. The normalized spacial score (nSPS) is 17.9. The molecule has 1 aliphatic carbocycles. The highest BCUT2D eigenvalue weighted by atomic mass is 16.1. The van der Waals surface area contributed by atoms with Crippen molar-refractivity contribution in [2.45, 2.75) is 31.7 Å². The van der Waals surface area contributed by atoms with Gasteiger partial charge in [0.2, 0.25) is 5.91 Å². The third kappa shape index (κ3) is 4.62. The molecule has 4 nitrogen and oxygen atoms in total. The maximum atomic E-state index is 11.4. The summed E-state index contributed by atoms with van der Waals surface area (Å²) in [6, 6.07) is 0.506. The van der Waals surface area contributed by atoms with E-state index in [1.54, 1.807) is 0 Å². The zero-order valence-electron chi connectivity index (χ0n) is 9.83. The number of carbonyl (C=O) groups excluding carboxylic acids is 1. The molecule has 88 valence electrons. The third-order valence-corrected chi connectivity index (χ3v) is 2.95. The molecule has 0 saturated heterocycles. The van der Waals surface area contributed by atoms with E-state index in [0.29, 0.717) is 19.0 Å². The van der Waals surface area contributed by atoms with Crippen LogP contribution in [0.4, 0.5) is 0 Å². The summed E-state index contributed by atoms with van der Waals surface area (Å²) in [5.41, 5.74) is 5.35. The summed E-state index contributed by atoms with van der Waals surface area (Å²) < 4.78 is 0. The van der Waals surface area contributed by atoms with Crippen LogP contribution in [0, 0.1) is 5.92 Å². The van der Waals surface area contributed by atoms with Crippen molar-refractivity contribution < 1.29 is 4.79 Å². The lowest BCUT2D eigenvalue weighted by molar-refractivity contribution is -0.121. The molecule has 3 N–H and O–H groups in total. The van der Waals surface area contributed by atoms with Crippen LogP contribution in [0.2, 0.25) is 0 Å². The Morgan fingerprint density at radius 2 is 2.20 bits per heavy atom. The Bertz CT molecular complexity index is 200. The van der Waals surface area contributed by atoms with Crippen LogP contribution in [0.1, 0.15) is 25.7 Å². The largest absolute Gasteiger partial charge is 0.355 e. The average Bonchev–Trinajstić information content (AvgIpc) is 2.98. The Kier molecular flexibility index (Phi) is 5.05. The van der Waals surface area contributed by atoms with Crippen LogP contribution in [0.25, 0.3) is 0 Å². The first-order valence-corrected chi connectivity index (χ1v) is 5.78. The Hall–Kier alpha value is -0.610. The fourth-order valence-electron chi connectivity index (χ4n) is 1.82. The van der Waals surface area contributed by atoms with Gasteiger partial charge in [0.05, 0.1) is 0 Å². The summed E-state index contributed by atoms with van der Waals surface area (Å²) in [7, 11) is 4.16. The van der Waals surface area contributed by atoms with Gasteiger partial charge in [-0.05, 0) is 45.8 Å². The molecule has 0 heterocycles. The van der Waals surface area contributed by atoms with Gasteiger partial charge in [-0.2, -0.15) is 0 Å². The highest BCUT2D eigenvalue weighted by Crippen LogP contribution is 2.34. The molecular weight excluding hydrogens is 190 g/mol. The number of amides is 1. The van der Waals surface area contributed by atoms with Gasteiger partial charge in [0.15, 0.2) is 0 Å². The van der Waals surface area contributed by atoms with Gasteiger partial charge >= 0.3 is 0 Å². The molecule has 4 heteroatoms. The number of rotatable bonds is 7. The van der Waals surface area contributed by atoms with Crippen LogP contribution in [0.5, 0.6) is 0 Å². The minimum absolute atomic E-state index is 0.132. The van der Waals surface area contributed by atoms with Crippen molar-refractivity contribution >= 4 is 5.91 Å². The van der Waals surface area contributed by atoms with Gasteiger partial charge in [-0.25, -0.2) is 0 Å². The van der Waals surface area contributed by atoms with Crippen molar-refractivity contribution in [3.05, 3.63) is 0 Å². The molecular formula is C11H23N3O. The highest BCUT2D eigenvalue weighted by Gasteiger charge is 2.32. The average molecular weight is 213 g/mol. The van der Waals surface area contributed by atoms with Crippen LogP contribution in [-0.2, 0) is 4.79 Å². The second kappa shape index (κ2) is 6.08. The fourth-order valence-corrected chi connectivity index (χ4v) is 1.82. The molecule has 1 rings (SSSR count). The quantitative estimate of drug-likeness (QED) is 0.634. The van der Waals surface area contributed by atoms with Gasteiger partial charge in [-0.3, -0.25) is 4.79 Å². The van der Waals surface area contributed by atoms with Crippen molar-refractivity contribution in [3.63, 3.8) is 0 Å². The van der Waals surface area contributed by atoms with Gasteiger partial charge in [0, 0.05) is 19.0 Å². The first-order chi connectivity index (χ1) is 7.15. The van der Waals surface area contributed by atoms with E-state index < -0.39 is 0 Å². The Morgan fingerprint density at radius 3 is 2.67 bits per heavy atom. The van der Waals surface area contributed by atoms with Crippen molar-refractivity contribution in [3.8, 4) is 0 Å². The molecule has 1 unspecified atom stereocenters. The second-order valence-electron chi connectivity index (χ2n) is 4.56. The number of hydrogen-bond acceptors (Lipinski definition) is 3. The summed E-state index contributed by atoms with van der Waals surface area (Å²) >= 11 is 0. The molecule has 0 spiro atoms. The van der Waals surface area contributed by atoms with Crippen LogP contribution < -0.4 is 11.1 Å². The van der Waals surface area contributed by atoms with Gasteiger partial charge < -0.3 is 16.0 Å². The van der Waals surface area contributed by atoms with Gasteiger partial charge in [-0.15, -0.1) is 0 Å². The summed E-state index contributed by atoms with van der Waals surface area (Å²) in [4.78, 5) is 13.6. The lowest BCUT2D eigenvalue weighted by Crippen LogP contribution is -2.41. The van der Waals surface area contributed by atoms with E-state index in [4.69, 9.17) is 5.73 Å². The van der Waals surface area contributed by atoms with E-state index in [1.807, 2.05) is 0 Å². The van der Waals surface area contributed by atoms with E-state index in [-0.39, 0.29) is 5.91 Å². The molecule has 1 amide bonds. The Labute approximate surface area is 92.2 Å². The predicted molar refractivity (Wildman–Crippen MR) is 61.5 cm³/mol. The first-order valence-electron chi connectivity index (χ1n) is 5.78. The van der Waals surface area contributed by atoms with E-state index in [1.165, 1.54) is 12.8 Å². The van der Waals surface area contributed by atoms with Crippen molar-refractivity contribution in [1.82, 2.24) is 10.2 Å². The molecule has 1 atom stereocenters. The smallest absolute Gasteiger partial charge is 0.220 e. The van der Waals surface area contributed by atoms with Gasteiger partial charge in [-0.1, -0.05) is 0 Å². The number of nitrogens with zero attached hydrogens (tertiary/aromatic N) is 1. The maximum Gasteiger partial charge on any atom is 0.220 e. The monoisotopic (exact) mass is 213 g/mol. The third-order valence-electron chi connectivity index (χ3n) is 2.95. The molecule has 1 saturated carbocycles. The molecule has 0 aromatic carbocycles. The molecule has 1 fully saturated rings. The lowest BCUT2D eigenvalue weighted by atomic mass is 10.1. The first kappa shape index (κ1) is 12.5. The second-order valence-corrected chi connectivity index (χ2v) is 4.56. The summed E-state index contributed by atoms with van der Waals surface area (Å²) in [6.07, 6.45) is 3.95. The number of carbonyl (C=O) groups is 1. The van der Waals surface area contributed by atoms with Crippen molar-refractivity contribution in [1.29, 1.82) is 0 Å². The molecule has 0 aromatic heterocycles. The minimum Gasteiger partial charge on any atom is -0.355 e. The predicted octanol–water partition coefficient (Wildman–Crippen LogP) is 0.182. The zero-order valence-corrected chi connectivity index (χ0v) is 9.83. The lowest BCUT2D eigenvalue weighted by Gasteiger charge is -2.24. The summed E-state index contributed by atoms with van der Waals surface area (Å²) in [5.74, 6) is 0.919. The summed E-state index contributed by atoms with van der Waals surface area (Å²) in [6.45, 7) is 1.37. The van der Waals surface area contributed by atoms with E-state index >= 15 is 0 Å². The maximum absolute atomic E-state index is 11.4. The number of hydrogen-bond donors (Lipinski definition) is 2. The standard InChI is InChI=1S/C11H23N3O/c1-14(2)10(9-5-6-9)8-13-11(15)4-3-7-12/h9-10H,3-8,12H2,1-2H3,(H,13,15). The molecule has 0 aromatic rings. The van der Waals surface area contributed by atoms with Crippen LogP contribution in [0.15, 0.2) is 0 Å². The van der Waals surface area contributed by atoms with Gasteiger partial charge in [0.1, 0.15) is 0 Å². The van der Waals surface area contributed by atoms with E-state index in [2.05, 4.69) is 24.3 Å². The topological polar surface area (TPSA) is 58.4 Å². The van der Waals surface area contributed by atoms with Crippen LogP contribution in [0.3, 0.4) is 0 Å².